The lowest BCUT2D eigenvalue weighted by atomic mass is 10.1. The molecule has 0 aliphatic heterocycles. The lowest BCUT2D eigenvalue weighted by molar-refractivity contribution is 0.0988. The van der Waals surface area contributed by atoms with E-state index in [0.29, 0.717) is 12.1 Å². The molecule has 2 heterocycles. The third-order valence-corrected chi connectivity index (χ3v) is 4.75. The second kappa shape index (κ2) is 9.13. The molecule has 0 bridgehead atoms. The molecule has 0 spiro atoms. The largest absolute Gasteiger partial charge is 0.359 e. The maximum Gasteiger partial charge on any atom is 0.259 e. The summed E-state index contributed by atoms with van der Waals surface area (Å²) in [5.41, 5.74) is 3.87. The van der Waals surface area contributed by atoms with Crippen LogP contribution >= 0.6 is 0 Å². The normalized spacial score (nSPS) is 10.5. The molecule has 0 radical (unpaired) electrons. The van der Waals surface area contributed by atoms with Gasteiger partial charge in [0.1, 0.15) is 5.82 Å². The monoisotopic (exact) mass is 374 g/mol. The summed E-state index contributed by atoms with van der Waals surface area (Å²) in [4.78, 5) is 25.4. The minimum atomic E-state index is -0.0356. The average Bonchev–Trinajstić information content (AvgIpc) is 2.73. The average molecular weight is 374 g/mol. The van der Waals surface area contributed by atoms with Crippen molar-refractivity contribution in [2.75, 3.05) is 29.9 Å². The molecule has 5 heteroatoms. The first-order valence-electron chi connectivity index (χ1n) is 9.53. The van der Waals surface area contributed by atoms with Crippen LogP contribution in [0, 0.1) is 6.92 Å². The van der Waals surface area contributed by atoms with Gasteiger partial charge in [-0.25, -0.2) is 4.98 Å². The van der Waals surface area contributed by atoms with Crippen molar-refractivity contribution in [1.82, 2.24) is 9.97 Å². The quantitative estimate of drug-likeness (QED) is 0.624. The van der Waals surface area contributed by atoms with E-state index in [1.165, 1.54) is 5.56 Å². The van der Waals surface area contributed by atoms with Crippen molar-refractivity contribution < 1.29 is 4.79 Å². The van der Waals surface area contributed by atoms with Crippen LogP contribution in [0.2, 0.25) is 0 Å². The minimum absolute atomic E-state index is 0.0356. The van der Waals surface area contributed by atoms with E-state index in [1.54, 1.807) is 11.1 Å². The molecule has 0 aliphatic rings. The fourth-order valence-electron chi connectivity index (χ4n) is 3.09. The molecule has 0 atom stereocenters. The van der Waals surface area contributed by atoms with Gasteiger partial charge in [-0.15, -0.1) is 0 Å². The first-order valence-corrected chi connectivity index (χ1v) is 9.53. The van der Waals surface area contributed by atoms with E-state index >= 15 is 0 Å². The van der Waals surface area contributed by atoms with Crippen LogP contribution in [0.5, 0.6) is 0 Å². The lowest BCUT2D eigenvalue weighted by Gasteiger charge is -2.22. The third kappa shape index (κ3) is 4.74. The number of pyridine rings is 2. The van der Waals surface area contributed by atoms with Gasteiger partial charge in [0.2, 0.25) is 0 Å². The summed E-state index contributed by atoms with van der Waals surface area (Å²) in [5.74, 6) is 0.816. The Kier molecular flexibility index (Phi) is 6.37. The fraction of sp³-hybridized carbons (Fsp3) is 0.261. The Morgan fingerprint density at radius 3 is 2.50 bits per heavy atom. The number of aryl methyl sites for hydroxylation is 1. The highest BCUT2D eigenvalue weighted by atomic mass is 16.2. The molecule has 0 fully saturated rings. The highest BCUT2D eigenvalue weighted by Crippen LogP contribution is 2.19. The van der Waals surface area contributed by atoms with Gasteiger partial charge in [0.15, 0.2) is 0 Å². The summed E-state index contributed by atoms with van der Waals surface area (Å²) in [7, 11) is 2.01. The van der Waals surface area contributed by atoms with E-state index < -0.39 is 0 Å². The molecule has 0 unspecified atom stereocenters. The van der Waals surface area contributed by atoms with Crippen molar-refractivity contribution in [2.24, 2.45) is 0 Å². The van der Waals surface area contributed by atoms with Crippen LogP contribution in [0.25, 0.3) is 0 Å². The molecule has 1 amide bonds. The van der Waals surface area contributed by atoms with E-state index in [1.807, 2.05) is 81.8 Å². The molecule has 5 nitrogen and oxygen atoms in total. The molecule has 0 saturated heterocycles. The predicted molar refractivity (Wildman–Crippen MR) is 114 cm³/mol. The first-order chi connectivity index (χ1) is 13.6. The number of carbonyl (C=O) groups excluding carboxylic acids is 1. The van der Waals surface area contributed by atoms with Crippen LogP contribution in [-0.2, 0) is 6.42 Å². The number of benzene rings is 1. The Labute approximate surface area is 166 Å². The van der Waals surface area contributed by atoms with Crippen LogP contribution < -0.4 is 9.80 Å². The number of hydrogen-bond donors (Lipinski definition) is 0. The summed E-state index contributed by atoms with van der Waals surface area (Å²) < 4.78 is 0. The third-order valence-electron chi connectivity index (χ3n) is 4.75. The number of likely N-dealkylation sites (N-methyl/N-ethyl adjacent to an activating group) is 1. The molecule has 3 rings (SSSR count). The molecule has 0 saturated carbocycles. The van der Waals surface area contributed by atoms with Gasteiger partial charge >= 0.3 is 0 Å². The maximum absolute atomic E-state index is 12.9. The van der Waals surface area contributed by atoms with Gasteiger partial charge in [0.25, 0.3) is 5.91 Å². The number of hydrogen-bond acceptors (Lipinski definition) is 4. The summed E-state index contributed by atoms with van der Waals surface area (Å²) in [6.07, 6.45) is 6.20. The summed E-state index contributed by atoms with van der Waals surface area (Å²) in [5, 5.41) is 0. The van der Waals surface area contributed by atoms with Crippen molar-refractivity contribution in [3.05, 3.63) is 83.8 Å². The topological polar surface area (TPSA) is 49.3 Å². The van der Waals surface area contributed by atoms with Crippen LogP contribution in [0.15, 0.2) is 67.1 Å². The van der Waals surface area contributed by atoms with E-state index in [0.717, 1.165) is 30.0 Å². The molecule has 3 aromatic rings. The van der Waals surface area contributed by atoms with Gasteiger partial charge in [0.05, 0.1) is 5.56 Å². The zero-order chi connectivity index (χ0) is 19.9. The SMILES string of the molecule is CCN(C(=O)c1ccc(N(C)CCc2ccncc2)nc1)c1cccc(C)c1. The number of rotatable bonds is 7. The van der Waals surface area contributed by atoms with Gasteiger partial charge in [-0.05, 0) is 67.8 Å². The lowest BCUT2D eigenvalue weighted by Crippen LogP contribution is -2.31. The van der Waals surface area contributed by atoms with E-state index in [2.05, 4.69) is 14.9 Å². The Morgan fingerprint density at radius 1 is 1.07 bits per heavy atom. The van der Waals surface area contributed by atoms with Crippen LogP contribution in [0.3, 0.4) is 0 Å². The van der Waals surface area contributed by atoms with Gasteiger partial charge in [0, 0.05) is 44.4 Å². The summed E-state index contributed by atoms with van der Waals surface area (Å²) >= 11 is 0. The number of nitrogens with zero attached hydrogens (tertiary/aromatic N) is 4. The van der Waals surface area contributed by atoms with Gasteiger partial charge in [-0.1, -0.05) is 12.1 Å². The van der Waals surface area contributed by atoms with Crippen LogP contribution in [0.4, 0.5) is 11.5 Å². The number of carbonyl (C=O) groups is 1. The smallest absolute Gasteiger partial charge is 0.259 e. The molecule has 28 heavy (non-hydrogen) atoms. The van der Waals surface area contributed by atoms with E-state index in [4.69, 9.17) is 0 Å². The Hall–Kier alpha value is -3.21. The number of amides is 1. The van der Waals surface area contributed by atoms with E-state index in [-0.39, 0.29) is 5.91 Å². The Balaban J connectivity index is 1.68. The van der Waals surface area contributed by atoms with E-state index in [9.17, 15) is 4.79 Å². The van der Waals surface area contributed by atoms with Crippen molar-refractivity contribution in [3.63, 3.8) is 0 Å². The van der Waals surface area contributed by atoms with Crippen molar-refractivity contribution in [2.45, 2.75) is 20.3 Å². The summed E-state index contributed by atoms with van der Waals surface area (Å²) in [6, 6.07) is 15.8. The molecule has 0 aliphatic carbocycles. The standard InChI is InChI=1S/C23H26N4O/c1-4-27(21-7-5-6-18(2)16-21)23(28)20-8-9-22(25-17-20)26(3)15-12-19-10-13-24-14-11-19/h5-11,13-14,16-17H,4,12,15H2,1-3H3. The van der Waals surface area contributed by atoms with Gasteiger partial charge < -0.3 is 9.80 Å². The second-order valence-electron chi connectivity index (χ2n) is 6.82. The second-order valence-corrected chi connectivity index (χ2v) is 6.82. The predicted octanol–water partition coefficient (Wildman–Crippen LogP) is 4.13. The highest BCUT2D eigenvalue weighted by Gasteiger charge is 2.17. The molecule has 2 aromatic heterocycles. The van der Waals surface area contributed by atoms with Gasteiger partial charge in [-0.2, -0.15) is 0 Å². The molecular weight excluding hydrogens is 348 g/mol. The molecule has 144 valence electrons. The highest BCUT2D eigenvalue weighted by molar-refractivity contribution is 6.06. The number of aromatic nitrogens is 2. The van der Waals surface area contributed by atoms with Crippen molar-refractivity contribution >= 4 is 17.4 Å². The number of anilines is 2. The Bertz CT molecular complexity index is 909. The maximum atomic E-state index is 12.9. The first kappa shape index (κ1) is 19.5. The Morgan fingerprint density at radius 2 is 1.86 bits per heavy atom. The van der Waals surface area contributed by atoms with Crippen LogP contribution in [-0.4, -0.2) is 36.0 Å². The fourth-order valence-corrected chi connectivity index (χ4v) is 3.09. The minimum Gasteiger partial charge on any atom is -0.359 e. The zero-order valence-corrected chi connectivity index (χ0v) is 16.7. The van der Waals surface area contributed by atoms with Gasteiger partial charge in [-0.3, -0.25) is 9.78 Å². The molecule has 0 N–H and O–H groups in total. The van der Waals surface area contributed by atoms with Crippen molar-refractivity contribution in [1.29, 1.82) is 0 Å². The summed E-state index contributed by atoms with van der Waals surface area (Å²) in [6.45, 7) is 5.46. The van der Waals surface area contributed by atoms with Crippen molar-refractivity contribution in [3.8, 4) is 0 Å². The zero-order valence-electron chi connectivity index (χ0n) is 16.7. The van der Waals surface area contributed by atoms with Crippen LogP contribution in [0.1, 0.15) is 28.4 Å². The molecule has 1 aromatic carbocycles. The molecular formula is C23H26N4O.